The third-order valence-corrected chi connectivity index (χ3v) is 5.84. The number of fused-ring (bicyclic) bond motifs is 2. The molecular weight excluding hydrogens is 302 g/mol. The van der Waals surface area contributed by atoms with Crippen molar-refractivity contribution in [1.29, 1.82) is 0 Å². The van der Waals surface area contributed by atoms with E-state index in [1.54, 1.807) is 11.3 Å². The van der Waals surface area contributed by atoms with E-state index in [4.69, 9.17) is 5.10 Å². The normalized spacial score (nSPS) is 26.7. The zero-order valence-corrected chi connectivity index (χ0v) is 14.3. The Kier molecular flexibility index (Phi) is 3.77. The van der Waals surface area contributed by atoms with Crippen LogP contribution in [0.5, 0.6) is 0 Å². The molecule has 2 bridgehead atoms. The molecule has 1 heterocycles. The van der Waals surface area contributed by atoms with Crippen LogP contribution in [0.1, 0.15) is 18.4 Å². The average molecular weight is 323 g/mol. The molecule has 3 atom stereocenters. The van der Waals surface area contributed by atoms with Crippen LogP contribution >= 0.6 is 11.3 Å². The lowest BCUT2D eigenvalue weighted by atomic mass is 9.95. The molecule has 0 radical (unpaired) electrons. The molecule has 118 valence electrons. The summed E-state index contributed by atoms with van der Waals surface area (Å²) >= 11 is 1.64. The van der Waals surface area contributed by atoms with Crippen LogP contribution in [0.4, 0.5) is 0 Å². The largest absolute Gasteiger partial charge is 0.261 e. The summed E-state index contributed by atoms with van der Waals surface area (Å²) < 4.78 is 1.99. The Bertz CT molecular complexity index is 823. The van der Waals surface area contributed by atoms with Crippen molar-refractivity contribution in [1.82, 2.24) is 4.68 Å². The quantitative estimate of drug-likeness (QED) is 0.601. The molecule has 3 unspecified atom stereocenters. The van der Waals surface area contributed by atoms with Crippen LogP contribution in [0.3, 0.4) is 0 Å². The smallest absolute Gasteiger partial charge is 0.205 e. The van der Waals surface area contributed by atoms with E-state index in [-0.39, 0.29) is 0 Å². The van der Waals surface area contributed by atoms with Crippen molar-refractivity contribution in [3.63, 3.8) is 0 Å². The van der Waals surface area contributed by atoms with E-state index in [1.165, 1.54) is 24.0 Å². The lowest BCUT2D eigenvalue weighted by Crippen LogP contribution is -2.15. The minimum Gasteiger partial charge on any atom is -0.261 e. The first kappa shape index (κ1) is 14.6. The van der Waals surface area contributed by atoms with Crippen LogP contribution < -0.4 is 4.80 Å². The number of hydrogen-bond acceptors (Lipinski definition) is 3. The van der Waals surface area contributed by atoms with Gasteiger partial charge in [-0.3, -0.25) is 4.99 Å². The summed E-state index contributed by atoms with van der Waals surface area (Å²) in [6.45, 7) is 2.11. The first-order valence-electron chi connectivity index (χ1n) is 8.18. The fourth-order valence-electron chi connectivity index (χ4n) is 3.63. The summed E-state index contributed by atoms with van der Waals surface area (Å²) in [4.78, 5) is 5.32. The molecule has 1 saturated carbocycles. The molecule has 4 heteroatoms. The minimum atomic E-state index is 0.577. The fraction of sp³-hybridized carbons (Fsp3) is 0.368. The van der Waals surface area contributed by atoms with Gasteiger partial charge in [0.15, 0.2) is 0 Å². The SMILES string of the molecule is CN=c1scc(-c2ccc(C)cc2)n1N=CC1CC2C=CC1C2. The van der Waals surface area contributed by atoms with Crippen LogP contribution in [-0.2, 0) is 0 Å². The molecule has 3 nitrogen and oxygen atoms in total. The monoisotopic (exact) mass is 323 g/mol. The van der Waals surface area contributed by atoms with Gasteiger partial charge in [0.25, 0.3) is 0 Å². The van der Waals surface area contributed by atoms with E-state index in [1.807, 2.05) is 11.7 Å². The summed E-state index contributed by atoms with van der Waals surface area (Å²) in [5, 5.41) is 6.95. The molecule has 0 aliphatic heterocycles. The van der Waals surface area contributed by atoms with E-state index in [9.17, 15) is 0 Å². The number of hydrogen-bond donors (Lipinski definition) is 0. The van der Waals surface area contributed by atoms with Crippen LogP contribution in [0.2, 0.25) is 0 Å². The van der Waals surface area contributed by atoms with Gasteiger partial charge in [0.1, 0.15) is 0 Å². The molecule has 2 aliphatic rings. The van der Waals surface area contributed by atoms with Crippen molar-refractivity contribution >= 4 is 17.6 Å². The number of rotatable bonds is 3. The highest BCUT2D eigenvalue weighted by molar-refractivity contribution is 7.07. The van der Waals surface area contributed by atoms with Crippen molar-refractivity contribution in [2.75, 3.05) is 7.05 Å². The molecule has 1 aromatic carbocycles. The van der Waals surface area contributed by atoms with Gasteiger partial charge in [0, 0.05) is 30.1 Å². The third-order valence-electron chi connectivity index (χ3n) is 4.93. The molecule has 0 spiro atoms. The lowest BCUT2D eigenvalue weighted by Gasteiger charge is -2.12. The maximum Gasteiger partial charge on any atom is 0.205 e. The molecule has 0 amide bonds. The number of nitrogens with zero attached hydrogens (tertiary/aromatic N) is 3. The third kappa shape index (κ3) is 2.72. The average Bonchev–Trinajstić information content (AvgIpc) is 3.28. The molecule has 2 aromatic rings. The van der Waals surface area contributed by atoms with Gasteiger partial charge in [-0.25, -0.2) is 4.68 Å². The molecule has 1 aromatic heterocycles. The molecule has 0 saturated heterocycles. The Hall–Kier alpha value is -1.94. The Morgan fingerprint density at radius 2 is 2.00 bits per heavy atom. The topological polar surface area (TPSA) is 29.6 Å². The van der Waals surface area contributed by atoms with Crippen LogP contribution in [0.25, 0.3) is 11.3 Å². The van der Waals surface area contributed by atoms with Crippen molar-refractivity contribution in [3.05, 3.63) is 52.2 Å². The van der Waals surface area contributed by atoms with Crippen molar-refractivity contribution in [3.8, 4) is 11.3 Å². The van der Waals surface area contributed by atoms with Crippen LogP contribution in [0, 0.1) is 24.7 Å². The maximum atomic E-state index is 4.81. The van der Waals surface area contributed by atoms with E-state index in [0.717, 1.165) is 16.4 Å². The zero-order valence-electron chi connectivity index (χ0n) is 13.5. The second-order valence-electron chi connectivity index (χ2n) is 6.51. The molecule has 2 aliphatic carbocycles. The van der Waals surface area contributed by atoms with Crippen LogP contribution in [-0.4, -0.2) is 17.9 Å². The van der Waals surface area contributed by atoms with Crippen molar-refractivity contribution < 1.29 is 0 Å². The minimum absolute atomic E-state index is 0.577. The summed E-state index contributed by atoms with van der Waals surface area (Å²) in [6, 6.07) is 8.60. The Balaban J connectivity index is 1.68. The number of aryl methyl sites for hydroxylation is 1. The Labute approximate surface area is 140 Å². The lowest BCUT2D eigenvalue weighted by molar-refractivity contribution is 0.590. The molecular formula is C19H21N3S. The molecule has 23 heavy (non-hydrogen) atoms. The highest BCUT2D eigenvalue weighted by Crippen LogP contribution is 2.42. The summed E-state index contributed by atoms with van der Waals surface area (Å²) in [6.07, 6.45) is 9.44. The predicted octanol–water partition coefficient (Wildman–Crippen LogP) is 4.10. The van der Waals surface area contributed by atoms with Crippen molar-refractivity contribution in [2.24, 2.45) is 27.8 Å². The standard InChI is InChI=1S/C19H21N3S/c1-13-3-6-15(7-4-13)18-12-23-19(20-2)22(18)21-11-17-10-14-5-8-16(17)9-14/h3-8,11-12,14,16-17H,9-10H2,1-2H3. The van der Waals surface area contributed by atoms with Gasteiger partial charge in [-0.05, 0) is 31.6 Å². The van der Waals surface area contributed by atoms with E-state index < -0.39 is 0 Å². The van der Waals surface area contributed by atoms with Gasteiger partial charge < -0.3 is 0 Å². The number of thiazole rings is 1. The van der Waals surface area contributed by atoms with Gasteiger partial charge in [0.2, 0.25) is 4.80 Å². The van der Waals surface area contributed by atoms with Crippen LogP contribution in [0.15, 0.2) is 51.9 Å². The van der Waals surface area contributed by atoms with Gasteiger partial charge in [-0.2, -0.15) is 5.10 Å². The van der Waals surface area contributed by atoms with E-state index in [2.05, 4.69) is 59.9 Å². The highest BCUT2D eigenvalue weighted by Gasteiger charge is 2.34. The summed E-state index contributed by atoms with van der Waals surface area (Å²) in [5.41, 5.74) is 3.57. The summed E-state index contributed by atoms with van der Waals surface area (Å²) in [7, 11) is 1.83. The zero-order chi connectivity index (χ0) is 15.8. The first-order chi connectivity index (χ1) is 11.2. The number of benzene rings is 1. The molecule has 1 fully saturated rings. The van der Waals surface area contributed by atoms with E-state index in [0.29, 0.717) is 11.8 Å². The predicted molar refractivity (Wildman–Crippen MR) is 96.7 cm³/mol. The Morgan fingerprint density at radius 3 is 2.65 bits per heavy atom. The van der Waals surface area contributed by atoms with Gasteiger partial charge in [0.05, 0.1) is 5.69 Å². The second kappa shape index (κ2) is 5.93. The van der Waals surface area contributed by atoms with E-state index >= 15 is 0 Å². The summed E-state index contributed by atoms with van der Waals surface area (Å²) in [5.74, 6) is 2.04. The highest BCUT2D eigenvalue weighted by atomic mass is 32.1. The number of aromatic nitrogens is 1. The second-order valence-corrected chi connectivity index (χ2v) is 7.35. The Morgan fingerprint density at radius 1 is 1.17 bits per heavy atom. The van der Waals surface area contributed by atoms with Crippen molar-refractivity contribution in [2.45, 2.75) is 19.8 Å². The maximum absolute atomic E-state index is 4.81. The number of allylic oxidation sites excluding steroid dienone is 2. The molecule has 4 rings (SSSR count). The first-order valence-corrected chi connectivity index (χ1v) is 9.06. The fourth-order valence-corrected chi connectivity index (χ4v) is 4.44. The van der Waals surface area contributed by atoms with Gasteiger partial charge in [-0.15, -0.1) is 11.3 Å². The molecule has 0 N–H and O–H groups in total. The van der Waals surface area contributed by atoms with Gasteiger partial charge in [-0.1, -0.05) is 42.0 Å². The van der Waals surface area contributed by atoms with Gasteiger partial charge >= 0.3 is 0 Å².